The van der Waals surface area contributed by atoms with E-state index in [4.69, 9.17) is 5.73 Å². The third kappa shape index (κ3) is 1.87. The molecular weight excluding hydrogens is 258 g/mol. The largest absolute Gasteiger partial charge is 0.369 e. The van der Waals surface area contributed by atoms with Gasteiger partial charge in [0.05, 0.1) is 12.1 Å². The number of nitrogens with two attached hydrogens (primary N) is 1. The van der Waals surface area contributed by atoms with E-state index in [1.165, 1.54) is 4.90 Å². The first-order valence-corrected chi connectivity index (χ1v) is 5.36. The van der Waals surface area contributed by atoms with Gasteiger partial charge in [0.2, 0.25) is 0 Å². The highest BCUT2D eigenvalue weighted by atomic mass is 79.9. The number of hydrogen-bond donors (Lipinski definition) is 1. The lowest BCUT2D eigenvalue weighted by molar-refractivity contribution is 0.0856. The fraction of sp³-hybridized carbons (Fsp3) is 0.200. The summed E-state index contributed by atoms with van der Waals surface area (Å²) in [6.45, 7) is 1.15. The predicted molar refractivity (Wildman–Crippen MR) is 61.7 cm³/mol. The van der Waals surface area contributed by atoms with Crippen LogP contribution in [0.2, 0.25) is 0 Å². The van der Waals surface area contributed by atoms with Crippen LogP contribution in [0.4, 0.5) is 0 Å². The summed E-state index contributed by atoms with van der Waals surface area (Å²) in [5.41, 5.74) is 6.22. The van der Waals surface area contributed by atoms with E-state index in [2.05, 4.69) is 20.9 Å². The number of rotatable bonds is 1. The molecule has 0 bridgehead atoms. The maximum Gasteiger partial charge on any atom is 0.261 e. The summed E-state index contributed by atoms with van der Waals surface area (Å²) in [5.74, 6) is 0.192. The number of hydrogen-bond acceptors (Lipinski definition) is 3. The zero-order valence-electron chi connectivity index (χ0n) is 7.98. The van der Waals surface area contributed by atoms with E-state index in [1.54, 1.807) is 6.07 Å². The number of benzene rings is 1. The summed E-state index contributed by atoms with van der Waals surface area (Å²) in [6, 6.07) is 7.28. The molecule has 0 spiro atoms. The molecule has 1 aromatic rings. The molecule has 2 rings (SSSR count). The molecule has 4 nitrogen and oxygen atoms in total. The van der Waals surface area contributed by atoms with E-state index in [0.29, 0.717) is 24.6 Å². The Kier molecular flexibility index (Phi) is 2.73. The average molecular weight is 268 g/mol. The normalized spacial score (nSPS) is 15.3. The second-order valence-corrected chi connectivity index (χ2v) is 4.03. The number of guanidine groups is 1. The van der Waals surface area contributed by atoms with Crippen molar-refractivity contribution in [2.24, 2.45) is 10.7 Å². The zero-order valence-corrected chi connectivity index (χ0v) is 9.57. The summed E-state index contributed by atoms with van der Waals surface area (Å²) in [5, 5.41) is 0. The smallest absolute Gasteiger partial charge is 0.261 e. The quantitative estimate of drug-likeness (QED) is 0.832. The number of carbonyl (C=O) groups is 1. The van der Waals surface area contributed by atoms with Gasteiger partial charge in [-0.05, 0) is 28.1 Å². The van der Waals surface area contributed by atoms with E-state index in [1.807, 2.05) is 18.2 Å². The molecule has 0 aromatic heterocycles. The lowest BCUT2D eigenvalue weighted by atomic mass is 10.2. The molecule has 0 saturated carbocycles. The molecule has 0 aliphatic carbocycles. The highest BCUT2D eigenvalue weighted by molar-refractivity contribution is 9.10. The Morgan fingerprint density at radius 2 is 2.20 bits per heavy atom. The molecule has 1 amide bonds. The van der Waals surface area contributed by atoms with Crippen LogP contribution in [0.5, 0.6) is 0 Å². The van der Waals surface area contributed by atoms with Crippen LogP contribution in [-0.2, 0) is 0 Å². The maximum atomic E-state index is 12.0. The molecule has 1 aliphatic rings. The number of amides is 1. The molecule has 78 valence electrons. The molecule has 0 radical (unpaired) electrons. The van der Waals surface area contributed by atoms with Crippen molar-refractivity contribution < 1.29 is 4.79 Å². The minimum atomic E-state index is -0.110. The van der Waals surface area contributed by atoms with Crippen molar-refractivity contribution in [3.63, 3.8) is 0 Å². The topological polar surface area (TPSA) is 58.7 Å². The van der Waals surface area contributed by atoms with E-state index in [-0.39, 0.29) is 5.91 Å². The first kappa shape index (κ1) is 10.2. The SMILES string of the molecule is NC1=NCCN1C(=O)c1ccccc1Br. The summed E-state index contributed by atoms with van der Waals surface area (Å²) in [4.78, 5) is 17.5. The Bertz CT molecular complexity index is 430. The van der Waals surface area contributed by atoms with Crippen molar-refractivity contribution in [3.05, 3.63) is 34.3 Å². The maximum absolute atomic E-state index is 12.0. The number of carbonyl (C=O) groups excluding carboxylic acids is 1. The van der Waals surface area contributed by atoms with Crippen LogP contribution >= 0.6 is 15.9 Å². The number of nitrogens with zero attached hydrogens (tertiary/aromatic N) is 2. The van der Waals surface area contributed by atoms with E-state index < -0.39 is 0 Å². The van der Waals surface area contributed by atoms with Crippen molar-refractivity contribution in [2.75, 3.05) is 13.1 Å². The van der Waals surface area contributed by atoms with Gasteiger partial charge >= 0.3 is 0 Å². The Morgan fingerprint density at radius 3 is 2.80 bits per heavy atom. The van der Waals surface area contributed by atoms with E-state index in [0.717, 1.165) is 4.47 Å². The Labute approximate surface area is 95.9 Å². The average Bonchev–Trinajstić information content (AvgIpc) is 2.64. The monoisotopic (exact) mass is 267 g/mol. The Balaban J connectivity index is 2.29. The second-order valence-electron chi connectivity index (χ2n) is 3.18. The summed E-state index contributed by atoms with van der Waals surface area (Å²) < 4.78 is 0.773. The van der Waals surface area contributed by atoms with Gasteiger partial charge in [0.15, 0.2) is 5.96 Å². The minimum Gasteiger partial charge on any atom is -0.369 e. The van der Waals surface area contributed by atoms with Crippen LogP contribution in [0.15, 0.2) is 33.7 Å². The van der Waals surface area contributed by atoms with Gasteiger partial charge in [-0.3, -0.25) is 14.7 Å². The minimum absolute atomic E-state index is 0.110. The van der Waals surface area contributed by atoms with E-state index in [9.17, 15) is 4.79 Å². The first-order chi connectivity index (χ1) is 7.20. The van der Waals surface area contributed by atoms with Crippen LogP contribution in [0.1, 0.15) is 10.4 Å². The number of aliphatic imine (C=N–C) groups is 1. The van der Waals surface area contributed by atoms with Gasteiger partial charge in [0, 0.05) is 11.0 Å². The molecule has 1 aromatic carbocycles. The number of halogens is 1. The molecule has 0 atom stereocenters. The zero-order chi connectivity index (χ0) is 10.8. The van der Waals surface area contributed by atoms with Gasteiger partial charge in [0.1, 0.15) is 0 Å². The van der Waals surface area contributed by atoms with Gasteiger partial charge in [-0.2, -0.15) is 0 Å². The van der Waals surface area contributed by atoms with Crippen molar-refractivity contribution >= 4 is 27.8 Å². The van der Waals surface area contributed by atoms with Gasteiger partial charge in [0.25, 0.3) is 5.91 Å². The molecule has 2 N–H and O–H groups in total. The fourth-order valence-corrected chi connectivity index (χ4v) is 1.90. The molecule has 0 saturated heterocycles. The highest BCUT2D eigenvalue weighted by Crippen LogP contribution is 2.18. The van der Waals surface area contributed by atoms with Crippen LogP contribution in [0.25, 0.3) is 0 Å². The summed E-state index contributed by atoms with van der Waals surface area (Å²) in [7, 11) is 0. The van der Waals surface area contributed by atoms with Crippen molar-refractivity contribution in [1.82, 2.24) is 4.90 Å². The van der Waals surface area contributed by atoms with Crippen molar-refractivity contribution in [1.29, 1.82) is 0 Å². The molecule has 0 fully saturated rings. The van der Waals surface area contributed by atoms with Crippen molar-refractivity contribution in [3.8, 4) is 0 Å². The van der Waals surface area contributed by atoms with Crippen molar-refractivity contribution in [2.45, 2.75) is 0 Å². The van der Waals surface area contributed by atoms with E-state index >= 15 is 0 Å². The highest BCUT2D eigenvalue weighted by Gasteiger charge is 2.23. The molecule has 1 heterocycles. The van der Waals surface area contributed by atoms with Gasteiger partial charge < -0.3 is 5.73 Å². The van der Waals surface area contributed by atoms with Crippen LogP contribution in [-0.4, -0.2) is 29.9 Å². The fourth-order valence-electron chi connectivity index (χ4n) is 1.45. The third-order valence-corrected chi connectivity index (χ3v) is 2.91. The molecule has 5 heteroatoms. The summed E-state index contributed by atoms with van der Waals surface area (Å²) >= 11 is 3.34. The van der Waals surface area contributed by atoms with Gasteiger partial charge in [-0.25, -0.2) is 0 Å². The molecular formula is C10H10BrN3O. The third-order valence-electron chi connectivity index (χ3n) is 2.22. The van der Waals surface area contributed by atoms with Gasteiger partial charge in [-0.1, -0.05) is 12.1 Å². The van der Waals surface area contributed by atoms with Crippen LogP contribution < -0.4 is 5.73 Å². The molecule has 0 unspecified atom stereocenters. The second kappa shape index (κ2) is 4.02. The summed E-state index contributed by atoms with van der Waals surface area (Å²) in [6.07, 6.45) is 0. The Hall–Kier alpha value is -1.36. The predicted octanol–water partition coefficient (Wildman–Crippen LogP) is 1.22. The van der Waals surface area contributed by atoms with Crippen LogP contribution in [0, 0.1) is 0 Å². The lowest BCUT2D eigenvalue weighted by Gasteiger charge is -2.15. The molecule has 15 heavy (non-hydrogen) atoms. The lowest BCUT2D eigenvalue weighted by Crippen LogP contribution is -2.39. The van der Waals surface area contributed by atoms with Crippen LogP contribution in [0.3, 0.4) is 0 Å². The molecule has 1 aliphatic heterocycles. The standard InChI is InChI=1S/C10H10BrN3O/c11-8-4-2-1-3-7(8)9(15)14-6-5-13-10(14)12/h1-4H,5-6H2,(H2,12,13). The first-order valence-electron chi connectivity index (χ1n) is 4.56. The Morgan fingerprint density at radius 1 is 1.47 bits per heavy atom. The van der Waals surface area contributed by atoms with Gasteiger partial charge in [-0.15, -0.1) is 0 Å².